The van der Waals surface area contributed by atoms with Gasteiger partial charge in [-0.1, -0.05) is 36.4 Å². The molecule has 0 saturated heterocycles. The molecule has 1 aliphatic heterocycles. The van der Waals surface area contributed by atoms with E-state index in [4.69, 9.17) is 4.74 Å². The van der Waals surface area contributed by atoms with E-state index < -0.39 is 5.97 Å². The van der Waals surface area contributed by atoms with Gasteiger partial charge in [-0.2, -0.15) is 0 Å². The maximum absolute atomic E-state index is 13.2. The Morgan fingerprint density at radius 3 is 2.32 bits per heavy atom. The van der Waals surface area contributed by atoms with Gasteiger partial charge in [-0.25, -0.2) is 4.79 Å². The molecule has 194 valence electrons. The minimum Gasteiger partial charge on any atom is -0.462 e. The molecule has 3 aromatic rings. The van der Waals surface area contributed by atoms with E-state index in [-0.39, 0.29) is 30.9 Å². The fourth-order valence-corrected chi connectivity index (χ4v) is 4.02. The molecule has 0 atom stereocenters. The van der Waals surface area contributed by atoms with Crippen molar-refractivity contribution in [1.29, 1.82) is 0 Å². The van der Waals surface area contributed by atoms with Gasteiger partial charge in [0.1, 0.15) is 0 Å². The van der Waals surface area contributed by atoms with E-state index in [2.05, 4.69) is 16.0 Å². The number of nitrogens with one attached hydrogen (secondary N) is 3. The number of amides is 3. The number of carbonyl (C=O) groups is 4. The number of fused-ring (bicyclic) bond motifs is 1. The van der Waals surface area contributed by atoms with Gasteiger partial charge in [-0.05, 0) is 48.9 Å². The summed E-state index contributed by atoms with van der Waals surface area (Å²) in [6.07, 6.45) is 0. The summed E-state index contributed by atoms with van der Waals surface area (Å²) in [5.41, 5.74) is 4.72. The molecule has 38 heavy (non-hydrogen) atoms. The van der Waals surface area contributed by atoms with E-state index in [1.165, 1.54) is 11.8 Å². The minimum absolute atomic E-state index is 0.0948. The fourth-order valence-electron chi connectivity index (χ4n) is 4.02. The molecule has 3 N–H and O–H groups in total. The summed E-state index contributed by atoms with van der Waals surface area (Å²) in [7, 11) is 1.63. The van der Waals surface area contributed by atoms with Crippen molar-refractivity contribution in [3.63, 3.8) is 0 Å². The third-order valence-corrected chi connectivity index (χ3v) is 5.97. The van der Waals surface area contributed by atoms with Gasteiger partial charge in [0.15, 0.2) is 0 Å². The Hall–Kier alpha value is -4.92. The van der Waals surface area contributed by atoms with E-state index in [9.17, 15) is 19.2 Å². The predicted octanol–water partition coefficient (Wildman–Crippen LogP) is 3.89. The van der Waals surface area contributed by atoms with Crippen molar-refractivity contribution in [3.8, 4) is 0 Å². The zero-order chi connectivity index (χ0) is 27.2. The lowest BCUT2D eigenvalue weighted by atomic mass is 9.99. The zero-order valence-corrected chi connectivity index (χ0v) is 21.3. The smallest absolute Gasteiger partial charge is 0.338 e. The number of ether oxygens (including phenoxy) is 1. The van der Waals surface area contributed by atoms with E-state index >= 15 is 0 Å². The third-order valence-electron chi connectivity index (χ3n) is 5.97. The van der Waals surface area contributed by atoms with Gasteiger partial charge in [0.25, 0.3) is 5.91 Å². The van der Waals surface area contributed by atoms with Gasteiger partial charge in [-0.3, -0.25) is 14.4 Å². The van der Waals surface area contributed by atoms with Crippen LogP contribution >= 0.6 is 0 Å². The lowest BCUT2D eigenvalue weighted by molar-refractivity contribution is -0.123. The Kier molecular flexibility index (Phi) is 7.86. The van der Waals surface area contributed by atoms with Gasteiger partial charge in [0, 0.05) is 30.9 Å². The van der Waals surface area contributed by atoms with Crippen LogP contribution in [-0.4, -0.2) is 43.9 Å². The maximum Gasteiger partial charge on any atom is 0.338 e. The van der Waals surface area contributed by atoms with Gasteiger partial charge in [0.2, 0.25) is 11.8 Å². The average Bonchev–Trinajstić information content (AvgIpc) is 3.25. The molecule has 1 heterocycles. The summed E-state index contributed by atoms with van der Waals surface area (Å²) in [5, 5.41) is 8.73. The molecule has 3 aromatic carbocycles. The highest BCUT2D eigenvalue weighted by molar-refractivity contribution is 6.37. The number of nitrogens with zero attached hydrogens (tertiary/aromatic N) is 1. The van der Waals surface area contributed by atoms with Crippen LogP contribution in [0.5, 0.6) is 0 Å². The molecule has 9 nitrogen and oxygen atoms in total. The van der Waals surface area contributed by atoms with Crippen LogP contribution in [0.4, 0.5) is 17.1 Å². The number of hydrogen-bond donors (Lipinski definition) is 3. The molecule has 0 aliphatic carbocycles. The highest BCUT2D eigenvalue weighted by atomic mass is 16.5. The molecule has 1 aliphatic rings. The molecule has 3 amide bonds. The second-order valence-corrected chi connectivity index (χ2v) is 8.59. The Morgan fingerprint density at radius 1 is 0.947 bits per heavy atom. The molecule has 0 radical (unpaired) electrons. The van der Waals surface area contributed by atoms with E-state index in [1.54, 1.807) is 56.4 Å². The van der Waals surface area contributed by atoms with Gasteiger partial charge >= 0.3 is 5.97 Å². The first-order valence-corrected chi connectivity index (χ1v) is 12.1. The van der Waals surface area contributed by atoms with Crippen LogP contribution in [0.15, 0.2) is 72.8 Å². The quantitative estimate of drug-likeness (QED) is 0.311. The Morgan fingerprint density at radius 2 is 1.66 bits per heavy atom. The zero-order valence-electron chi connectivity index (χ0n) is 21.3. The first-order chi connectivity index (χ1) is 18.3. The van der Waals surface area contributed by atoms with Gasteiger partial charge in [-0.15, -0.1) is 0 Å². The predicted molar refractivity (Wildman–Crippen MR) is 146 cm³/mol. The maximum atomic E-state index is 13.2. The summed E-state index contributed by atoms with van der Waals surface area (Å²) in [4.78, 5) is 50.3. The SMILES string of the molecule is CCOC(=O)c1ccc2c(c1)NC(=O)C2=C(Nc1ccc(N(C)C(=O)CNC(C)=O)cc1)c1ccccc1. The van der Waals surface area contributed by atoms with Crippen molar-refractivity contribution in [2.75, 3.05) is 35.7 Å². The number of benzene rings is 3. The Labute approximate surface area is 220 Å². The molecule has 0 unspecified atom stereocenters. The number of esters is 1. The van der Waals surface area contributed by atoms with Crippen LogP contribution < -0.4 is 20.9 Å². The highest BCUT2D eigenvalue weighted by Gasteiger charge is 2.29. The van der Waals surface area contributed by atoms with E-state index in [0.29, 0.717) is 39.5 Å². The van der Waals surface area contributed by atoms with E-state index in [1.807, 2.05) is 30.3 Å². The third kappa shape index (κ3) is 5.73. The number of anilines is 3. The Bertz CT molecular complexity index is 1410. The van der Waals surface area contributed by atoms with Crippen molar-refractivity contribution >= 4 is 52.0 Å². The number of carbonyl (C=O) groups excluding carboxylic acids is 4. The molecular formula is C29H28N4O5. The van der Waals surface area contributed by atoms with Crippen molar-refractivity contribution in [2.45, 2.75) is 13.8 Å². The fraction of sp³-hybridized carbons (Fsp3) is 0.172. The van der Waals surface area contributed by atoms with Crippen LogP contribution in [0.25, 0.3) is 11.3 Å². The molecule has 9 heteroatoms. The monoisotopic (exact) mass is 512 g/mol. The van der Waals surface area contributed by atoms with Crippen molar-refractivity contribution in [2.24, 2.45) is 0 Å². The molecule has 0 saturated carbocycles. The molecule has 0 aromatic heterocycles. The topological polar surface area (TPSA) is 117 Å². The van der Waals surface area contributed by atoms with Crippen molar-refractivity contribution in [3.05, 3.63) is 89.5 Å². The van der Waals surface area contributed by atoms with Crippen LogP contribution in [-0.2, 0) is 19.1 Å². The number of likely N-dealkylation sites (N-methyl/N-ethyl adjacent to an activating group) is 1. The lowest BCUT2D eigenvalue weighted by Gasteiger charge is -2.19. The van der Waals surface area contributed by atoms with Crippen LogP contribution in [0.2, 0.25) is 0 Å². The van der Waals surface area contributed by atoms with Crippen molar-refractivity contribution < 1.29 is 23.9 Å². The second-order valence-electron chi connectivity index (χ2n) is 8.59. The first kappa shape index (κ1) is 26.2. The first-order valence-electron chi connectivity index (χ1n) is 12.1. The van der Waals surface area contributed by atoms with Crippen LogP contribution in [0.1, 0.15) is 35.3 Å². The Balaban J connectivity index is 1.67. The minimum atomic E-state index is -0.455. The number of rotatable bonds is 8. The molecule has 0 spiro atoms. The molecule has 0 fully saturated rings. The van der Waals surface area contributed by atoms with Gasteiger partial charge < -0.3 is 25.6 Å². The largest absolute Gasteiger partial charge is 0.462 e. The van der Waals surface area contributed by atoms with Crippen LogP contribution in [0, 0.1) is 0 Å². The van der Waals surface area contributed by atoms with Gasteiger partial charge in [0.05, 0.1) is 35.7 Å². The standard InChI is InChI=1S/C29H28N4O5/c1-4-38-29(37)20-10-15-23-24(16-20)32-28(36)26(23)27(19-8-6-5-7-9-19)31-21-11-13-22(14-12-21)33(3)25(35)17-30-18(2)34/h5-16,31H,4,17H2,1-3H3,(H,30,34)(H,32,36). The highest BCUT2D eigenvalue weighted by Crippen LogP contribution is 2.38. The lowest BCUT2D eigenvalue weighted by Crippen LogP contribution is -2.37. The molecule has 4 rings (SSSR count). The van der Waals surface area contributed by atoms with E-state index in [0.717, 1.165) is 5.56 Å². The number of hydrogen-bond acceptors (Lipinski definition) is 6. The van der Waals surface area contributed by atoms with Crippen molar-refractivity contribution in [1.82, 2.24) is 5.32 Å². The summed E-state index contributed by atoms with van der Waals surface area (Å²) in [6.45, 7) is 3.25. The normalized spacial score (nSPS) is 13.2. The summed E-state index contributed by atoms with van der Waals surface area (Å²) in [6, 6.07) is 21.6. The summed E-state index contributed by atoms with van der Waals surface area (Å²) >= 11 is 0. The van der Waals surface area contributed by atoms with Crippen LogP contribution in [0.3, 0.4) is 0 Å². The molecular weight excluding hydrogens is 484 g/mol. The summed E-state index contributed by atoms with van der Waals surface area (Å²) in [5.74, 6) is -1.28. The molecule has 0 bridgehead atoms. The summed E-state index contributed by atoms with van der Waals surface area (Å²) < 4.78 is 5.08. The average molecular weight is 513 g/mol. The second kappa shape index (κ2) is 11.4.